The fraction of sp³-hybridized carbons (Fsp3) is 0.500. The minimum absolute atomic E-state index is 0.0841. The average molecular weight is 233 g/mol. The van der Waals surface area contributed by atoms with Gasteiger partial charge in [-0.05, 0) is 31.4 Å². The normalized spacial score (nSPS) is 27.9. The summed E-state index contributed by atoms with van der Waals surface area (Å²) in [5.41, 5.74) is 8.37. The third-order valence-corrected chi connectivity index (χ3v) is 3.24. The number of carbonyl (C=O) groups excluding carboxylic acids is 1. The lowest BCUT2D eigenvalue weighted by Gasteiger charge is -2.35. The Kier molecular flexibility index (Phi) is 3.60. The quantitative estimate of drug-likeness (QED) is 0.811. The second kappa shape index (κ2) is 4.98. The van der Waals surface area contributed by atoms with E-state index in [9.17, 15) is 4.79 Å². The number of carbonyl (C=O) groups is 1. The Balaban J connectivity index is 2.39. The van der Waals surface area contributed by atoms with Gasteiger partial charge >= 0.3 is 0 Å². The maximum atomic E-state index is 11.2. The monoisotopic (exact) mass is 233 g/mol. The molecule has 0 saturated heterocycles. The van der Waals surface area contributed by atoms with Gasteiger partial charge in [0.25, 0.3) is 0 Å². The zero-order valence-corrected chi connectivity index (χ0v) is 10.3. The number of hydrogen-bond donors (Lipinski definition) is 1. The number of rotatable bonds is 3. The van der Waals surface area contributed by atoms with Crippen LogP contribution in [-0.2, 0) is 16.0 Å². The summed E-state index contributed by atoms with van der Waals surface area (Å²) in [5.74, 6) is -0.243. The van der Waals surface area contributed by atoms with E-state index in [2.05, 4.69) is 6.07 Å². The summed E-state index contributed by atoms with van der Waals surface area (Å²) < 4.78 is 5.88. The molecule has 1 aliphatic rings. The average Bonchev–Trinajstić information content (AvgIpc) is 2.28. The lowest BCUT2D eigenvalue weighted by molar-refractivity contribution is -0.120. The summed E-state index contributed by atoms with van der Waals surface area (Å²) in [7, 11) is 0. The third kappa shape index (κ3) is 2.40. The van der Waals surface area contributed by atoms with Crippen molar-refractivity contribution in [2.24, 2.45) is 11.7 Å². The van der Waals surface area contributed by atoms with Gasteiger partial charge in [0, 0.05) is 6.04 Å². The predicted octanol–water partition coefficient (Wildman–Crippen LogP) is 1.85. The molecule has 1 aromatic rings. The Morgan fingerprint density at radius 3 is 2.76 bits per heavy atom. The van der Waals surface area contributed by atoms with E-state index in [4.69, 9.17) is 10.5 Å². The van der Waals surface area contributed by atoms with Crippen LogP contribution in [-0.4, -0.2) is 18.4 Å². The summed E-state index contributed by atoms with van der Waals surface area (Å²) in [5, 5.41) is 0. The highest BCUT2D eigenvalue weighted by Gasteiger charge is 2.35. The van der Waals surface area contributed by atoms with Gasteiger partial charge in [0.05, 0.1) is 18.1 Å². The molecule has 0 spiro atoms. The first-order chi connectivity index (χ1) is 8.13. The van der Waals surface area contributed by atoms with Crippen molar-refractivity contribution in [1.29, 1.82) is 0 Å². The standard InChI is InChI=1S/C14H19NO2/c1-9(2)17-14-11-6-4-3-5-10(11)7-13(15)12(14)8-16/h3-6,8-9,12-14H,7,15H2,1-2H3. The van der Waals surface area contributed by atoms with Gasteiger partial charge in [0.2, 0.25) is 0 Å². The van der Waals surface area contributed by atoms with Crippen molar-refractivity contribution in [3.05, 3.63) is 35.4 Å². The lowest BCUT2D eigenvalue weighted by atomic mass is 9.79. The van der Waals surface area contributed by atoms with Crippen LogP contribution in [0.2, 0.25) is 0 Å². The summed E-state index contributed by atoms with van der Waals surface area (Å²) in [6, 6.07) is 7.93. The highest BCUT2D eigenvalue weighted by molar-refractivity contribution is 5.58. The van der Waals surface area contributed by atoms with Gasteiger partial charge in [-0.1, -0.05) is 24.3 Å². The van der Waals surface area contributed by atoms with Crippen LogP contribution in [0.5, 0.6) is 0 Å². The van der Waals surface area contributed by atoms with Gasteiger partial charge in [0.15, 0.2) is 0 Å². The van der Waals surface area contributed by atoms with E-state index >= 15 is 0 Å². The number of fused-ring (bicyclic) bond motifs is 1. The minimum atomic E-state index is -0.243. The molecule has 0 heterocycles. The van der Waals surface area contributed by atoms with Crippen molar-refractivity contribution >= 4 is 6.29 Å². The molecule has 3 heteroatoms. The van der Waals surface area contributed by atoms with E-state index in [1.807, 2.05) is 32.0 Å². The number of hydrogen-bond acceptors (Lipinski definition) is 3. The number of aldehydes is 1. The van der Waals surface area contributed by atoms with E-state index in [1.54, 1.807) is 0 Å². The van der Waals surface area contributed by atoms with Crippen LogP contribution in [0.3, 0.4) is 0 Å². The highest BCUT2D eigenvalue weighted by atomic mass is 16.5. The van der Waals surface area contributed by atoms with Gasteiger partial charge in [-0.25, -0.2) is 0 Å². The zero-order valence-electron chi connectivity index (χ0n) is 10.3. The van der Waals surface area contributed by atoms with Crippen molar-refractivity contribution in [1.82, 2.24) is 0 Å². The summed E-state index contributed by atoms with van der Waals surface area (Å²) in [6.45, 7) is 3.95. The van der Waals surface area contributed by atoms with E-state index in [0.29, 0.717) is 0 Å². The van der Waals surface area contributed by atoms with Crippen molar-refractivity contribution in [3.8, 4) is 0 Å². The Morgan fingerprint density at radius 1 is 1.41 bits per heavy atom. The third-order valence-electron chi connectivity index (χ3n) is 3.24. The Labute approximate surface area is 102 Å². The largest absolute Gasteiger partial charge is 0.370 e. The van der Waals surface area contributed by atoms with E-state index in [0.717, 1.165) is 18.3 Å². The smallest absolute Gasteiger partial charge is 0.127 e. The Bertz CT molecular complexity index is 403. The fourth-order valence-electron chi connectivity index (χ4n) is 2.45. The Hall–Kier alpha value is -1.19. The summed E-state index contributed by atoms with van der Waals surface area (Å²) >= 11 is 0. The van der Waals surface area contributed by atoms with Gasteiger partial charge in [-0.3, -0.25) is 0 Å². The molecule has 0 aliphatic heterocycles. The summed E-state index contributed by atoms with van der Waals surface area (Å²) in [6.07, 6.45) is 1.57. The second-order valence-electron chi connectivity index (χ2n) is 4.89. The maximum Gasteiger partial charge on any atom is 0.127 e. The maximum absolute atomic E-state index is 11.2. The molecule has 0 amide bonds. The molecule has 0 saturated carbocycles. The first-order valence-electron chi connectivity index (χ1n) is 6.07. The van der Waals surface area contributed by atoms with Gasteiger partial charge in [-0.15, -0.1) is 0 Å². The van der Waals surface area contributed by atoms with E-state index < -0.39 is 0 Å². The van der Waals surface area contributed by atoms with Crippen molar-refractivity contribution in [2.75, 3.05) is 0 Å². The predicted molar refractivity (Wildman–Crippen MR) is 66.6 cm³/mol. The molecule has 1 aliphatic carbocycles. The molecule has 0 fully saturated rings. The van der Waals surface area contributed by atoms with Gasteiger partial charge < -0.3 is 15.3 Å². The molecule has 2 N–H and O–H groups in total. The number of benzene rings is 1. The molecule has 1 aromatic carbocycles. The van der Waals surface area contributed by atoms with Crippen molar-refractivity contribution < 1.29 is 9.53 Å². The first-order valence-corrected chi connectivity index (χ1v) is 6.07. The molecule has 17 heavy (non-hydrogen) atoms. The molecule has 3 nitrogen and oxygen atoms in total. The van der Waals surface area contributed by atoms with Crippen LogP contribution >= 0.6 is 0 Å². The Morgan fingerprint density at radius 2 is 2.12 bits per heavy atom. The molecule has 0 bridgehead atoms. The molecule has 0 radical (unpaired) electrons. The summed E-state index contributed by atoms with van der Waals surface area (Å²) in [4.78, 5) is 11.2. The zero-order chi connectivity index (χ0) is 12.4. The topological polar surface area (TPSA) is 52.3 Å². The van der Waals surface area contributed by atoms with Crippen LogP contribution in [0.1, 0.15) is 31.1 Å². The first kappa shape index (κ1) is 12.3. The molecule has 3 atom stereocenters. The number of nitrogens with two attached hydrogens (primary N) is 1. The van der Waals surface area contributed by atoms with Gasteiger partial charge in [0.1, 0.15) is 6.29 Å². The van der Waals surface area contributed by atoms with E-state index in [-0.39, 0.29) is 24.2 Å². The SMILES string of the molecule is CC(C)OC1c2ccccc2CC(N)C1C=O. The second-order valence-corrected chi connectivity index (χ2v) is 4.89. The fourth-order valence-corrected chi connectivity index (χ4v) is 2.45. The van der Waals surface area contributed by atoms with Crippen LogP contribution < -0.4 is 5.73 Å². The van der Waals surface area contributed by atoms with Crippen molar-refractivity contribution in [2.45, 2.75) is 38.5 Å². The minimum Gasteiger partial charge on any atom is -0.370 e. The van der Waals surface area contributed by atoms with Gasteiger partial charge in [-0.2, -0.15) is 0 Å². The molecular weight excluding hydrogens is 214 g/mol. The van der Waals surface area contributed by atoms with Crippen LogP contribution in [0, 0.1) is 5.92 Å². The van der Waals surface area contributed by atoms with Crippen LogP contribution in [0.25, 0.3) is 0 Å². The van der Waals surface area contributed by atoms with Crippen LogP contribution in [0.15, 0.2) is 24.3 Å². The number of ether oxygens (including phenoxy) is 1. The van der Waals surface area contributed by atoms with Crippen LogP contribution in [0.4, 0.5) is 0 Å². The van der Waals surface area contributed by atoms with Crippen molar-refractivity contribution in [3.63, 3.8) is 0 Å². The highest BCUT2D eigenvalue weighted by Crippen LogP contribution is 2.36. The molecule has 3 unspecified atom stereocenters. The lowest BCUT2D eigenvalue weighted by Crippen LogP contribution is -2.42. The molecule has 2 rings (SSSR count). The molecular formula is C14H19NO2. The van der Waals surface area contributed by atoms with E-state index in [1.165, 1.54) is 5.56 Å². The molecule has 92 valence electrons. The molecule has 0 aromatic heterocycles.